The number of benzene rings is 1. The van der Waals surface area contributed by atoms with Gasteiger partial charge in [0.1, 0.15) is 0 Å². The highest BCUT2D eigenvalue weighted by Crippen LogP contribution is 2.53. The first kappa shape index (κ1) is 13.6. The van der Waals surface area contributed by atoms with Gasteiger partial charge in [-0.1, -0.05) is 13.8 Å². The predicted molar refractivity (Wildman–Crippen MR) is 78.6 cm³/mol. The molecule has 110 valence electrons. The molecule has 0 aromatic heterocycles. The summed E-state index contributed by atoms with van der Waals surface area (Å²) < 4.78 is 16.5. The van der Waals surface area contributed by atoms with Crippen molar-refractivity contribution in [3.63, 3.8) is 0 Å². The molecule has 4 heteroatoms. The van der Waals surface area contributed by atoms with Gasteiger partial charge in [-0.15, -0.1) is 0 Å². The molecule has 20 heavy (non-hydrogen) atoms. The lowest BCUT2D eigenvalue weighted by Crippen LogP contribution is -2.63. The lowest BCUT2D eigenvalue weighted by Gasteiger charge is -2.55. The van der Waals surface area contributed by atoms with Crippen LogP contribution in [-0.4, -0.2) is 33.0 Å². The molecule has 0 radical (unpaired) electrons. The molecule has 2 aliphatic rings. The smallest absolute Gasteiger partial charge is 0.162 e. The molecule has 1 aliphatic heterocycles. The standard InChI is InChI=1S/C16H23NO3/c1-16(2)14(11-7-8-20-15(11)16)17-10-5-6-12(18-3)13(9-10)19-4/h5-6,9,11,14-15,17H,7-8H2,1-4H3. The molecule has 3 unspecified atom stereocenters. The summed E-state index contributed by atoms with van der Waals surface area (Å²) in [7, 11) is 3.32. The molecule has 1 saturated heterocycles. The Labute approximate surface area is 120 Å². The first-order valence-electron chi connectivity index (χ1n) is 7.18. The zero-order valence-electron chi connectivity index (χ0n) is 12.6. The molecule has 1 N–H and O–H groups in total. The molecule has 1 aromatic carbocycles. The number of fused-ring (bicyclic) bond motifs is 1. The number of hydrogen-bond acceptors (Lipinski definition) is 4. The van der Waals surface area contributed by atoms with Gasteiger partial charge >= 0.3 is 0 Å². The van der Waals surface area contributed by atoms with Gasteiger partial charge in [0, 0.05) is 35.7 Å². The summed E-state index contributed by atoms with van der Waals surface area (Å²) in [6.45, 7) is 5.44. The Morgan fingerprint density at radius 3 is 2.65 bits per heavy atom. The summed E-state index contributed by atoms with van der Waals surface area (Å²) in [4.78, 5) is 0. The topological polar surface area (TPSA) is 39.7 Å². The van der Waals surface area contributed by atoms with E-state index in [9.17, 15) is 0 Å². The third kappa shape index (κ3) is 1.94. The molecule has 1 heterocycles. The minimum Gasteiger partial charge on any atom is -0.493 e. The molecule has 1 aliphatic carbocycles. The Balaban J connectivity index is 1.78. The van der Waals surface area contributed by atoms with Crippen molar-refractivity contribution in [2.45, 2.75) is 32.4 Å². The lowest BCUT2D eigenvalue weighted by atomic mass is 9.57. The van der Waals surface area contributed by atoms with E-state index < -0.39 is 0 Å². The highest BCUT2D eigenvalue weighted by Gasteiger charge is 2.59. The highest BCUT2D eigenvalue weighted by atomic mass is 16.5. The van der Waals surface area contributed by atoms with E-state index in [1.807, 2.05) is 18.2 Å². The van der Waals surface area contributed by atoms with Crippen molar-refractivity contribution in [1.29, 1.82) is 0 Å². The number of anilines is 1. The van der Waals surface area contributed by atoms with E-state index in [2.05, 4.69) is 19.2 Å². The fraction of sp³-hybridized carbons (Fsp3) is 0.625. The maximum atomic E-state index is 5.83. The second-order valence-electron chi connectivity index (χ2n) is 6.26. The molecule has 4 nitrogen and oxygen atoms in total. The average molecular weight is 277 g/mol. The number of rotatable bonds is 4. The third-order valence-electron chi connectivity index (χ3n) is 4.81. The molecule has 1 saturated carbocycles. The number of nitrogens with one attached hydrogen (secondary N) is 1. The van der Waals surface area contributed by atoms with Crippen molar-refractivity contribution in [2.75, 3.05) is 26.1 Å². The zero-order chi connectivity index (χ0) is 14.3. The van der Waals surface area contributed by atoms with Crippen molar-refractivity contribution in [3.05, 3.63) is 18.2 Å². The van der Waals surface area contributed by atoms with Gasteiger partial charge in [-0.2, -0.15) is 0 Å². The summed E-state index contributed by atoms with van der Waals surface area (Å²) >= 11 is 0. The van der Waals surface area contributed by atoms with Crippen LogP contribution in [0.1, 0.15) is 20.3 Å². The normalized spacial score (nSPS) is 30.3. The second kappa shape index (κ2) is 4.85. The van der Waals surface area contributed by atoms with Crippen LogP contribution in [0.25, 0.3) is 0 Å². The molecule has 0 amide bonds. The third-order valence-corrected chi connectivity index (χ3v) is 4.81. The van der Waals surface area contributed by atoms with Crippen LogP contribution in [0.2, 0.25) is 0 Å². The fourth-order valence-electron chi connectivity index (χ4n) is 3.72. The average Bonchev–Trinajstić information content (AvgIpc) is 2.91. The highest BCUT2D eigenvalue weighted by molar-refractivity contribution is 5.56. The minimum absolute atomic E-state index is 0.175. The summed E-state index contributed by atoms with van der Waals surface area (Å²) in [6, 6.07) is 6.43. The maximum absolute atomic E-state index is 5.83. The van der Waals surface area contributed by atoms with Crippen LogP contribution >= 0.6 is 0 Å². The maximum Gasteiger partial charge on any atom is 0.162 e. The van der Waals surface area contributed by atoms with Crippen molar-refractivity contribution >= 4 is 5.69 Å². The molecule has 2 fully saturated rings. The van der Waals surface area contributed by atoms with Crippen LogP contribution in [0.4, 0.5) is 5.69 Å². The zero-order valence-corrected chi connectivity index (χ0v) is 12.6. The van der Waals surface area contributed by atoms with Crippen LogP contribution in [-0.2, 0) is 4.74 Å². The van der Waals surface area contributed by atoms with Gasteiger partial charge in [0.15, 0.2) is 11.5 Å². The summed E-state index contributed by atoms with van der Waals surface area (Å²) in [5.74, 6) is 2.14. The first-order valence-corrected chi connectivity index (χ1v) is 7.18. The summed E-state index contributed by atoms with van der Waals surface area (Å²) in [6.07, 6.45) is 1.55. The van der Waals surface area contributed by atoms with Gasteiger partial charge in [0.2, 0.25) is 0 Å². The molecule has 3 rings (SSSR count). The van der Waals surface area contributed by atoms with Crippen LogP contribution in [0.3, 0.4) is 0 Å². The van der Waals surface area contributed by atoms with Crippen molar-refractivity contribution in [1.82, 2.24) is 0 Å². The first-order chi connectivity index (χ1) is 9.57. The monoisotopic (exact) mass is 277 g/mol. The number of ether oxygens (including phenoxy) is 3. The van der Waals surface area contributed by atoms with E-state index >= 15 is 0 Å². The van der Waals surface area contributed by atoms with Gasteiger partial charge in [-0.3, -0.25) is 0 Å². The van der Waals surface area contributed by atoms with Crippen LogP contribution < -0.4 is 14.8 Å². The van der Waals surface area contributed by atoms with Gasteiger partial charge in [-0.05, 0) is 18.6 Å². The summed E-state index contributed by atoms with van der Waals surface area (Å²) in [5, 5.41) is 3.65. The summed E-state index contributed by atoms with van der Waals surface area (Å²) in [5.41, 5.74) is 1.25. The molecule has 0 spiro atoms. The van der Waals surface area contributed by atoms with E-state index in [-0.39, 0.29) is 5.41 Å². The second-order valence-corrected chi connectivity index (χ2v) is 6.26. The van der Waals surface area contributed by atoms with Crippen LogP contribution in [0, 0.1) is 11.3 Å². The van der Waals surface area contributed by atoms with E-state index in [0.29, 0.717) is 18.1 Å². The van der Waals surface area contributed by atoms with Gasteiger partial charge in [0.05, 0.1) is 20.3 Å². The Kier molecular flexibility index (Phi) is 3.28. The van der Waals surface area contributed by atoms with Crippen LogP contribution in [0.15, 0.2) is 18.2 Å². The molecule has 1 aromatic rings. The Morgan fingerprint density at radius 1 is 1.20 bits per heavy atom. The van der Waals surface area contributed by atoms with Crippen molar-refractivity contribution in [3.8, 4) is 11.5 Å². The van der Waals surface area contributed by atoms with E-state index in [1.165, 1.54) is 0 Å². The molecule has 3 atom stereocenters. The SMILES string of the molecule is COc1ccc(NC2C3CCOC3C2(C)C)cc1OC. The lowest BCUT2D eigenvalue weighted by molar-refractivity contribution is -0.0923. The quantitative estimate of drug-likeness (QED) is 0.918. The van der Waals surface area contributed by atoms with E-state index in [1.54, 1.807) is 14.2 Å². The predicted octanol–water partition coefficient (Wildman–Crippen LogP) is 2.93. The fourth-order valence-corrected chi connectivity index (χ4v) is 3.72. The van der Waals surface area contributed by atoms with E-state index in [0.717, 1.165) is 30.2 Å². The van der Waals surface area contributed by atoms with Crippen molar-refractivity contribution in [2.24, 2.45) is 11.3 Å². The number of methoxy groups -OCH3 is 2. The number of hydrogen-bond donors (Lipinski definition) is 1. The van der Waals surface area contributed by atoms with E-state index in [4.69, 9.17) is 14.2 Å². The van der Waals surface area contributed by atoms with Crippen molar-refractivity contribution < 1.29 is 14.2 Å². The van der Waals surface area contributed by atoms with Gasteiger partial charge < -0.3 is 19.5 Å². The molecular formula is C16H23NO3. The van der Waals surface area contributed by atoms with Crippen LogP contribution in [0.5, 0.6) is 11.5 Å². The van der Waals surface area contributed by atoms with Gasteiger partial charge in [-0.25, -0.2) is 0 Å². The minimum atomic E-state index is 0.175. The molecular weight excluding hydrogens is 254 g/mol. The van der Waals surface area contributed by atoms with Gasteiger partial charge in [0.25, 0.3) is 0 Å². The Bertz CT molecular complexity index is 500. The Hall–Kier alpha value is -1.42. The largest absolute Gasteiger partial charge is 0.493 e. The Morgan fingerprint density at radius 2 is 1.95 bits per heavy atom. The molecule has 0 bridgehead atoms.